The lowest BCUT2D eigenvalue weighted by molar-refractivity contribution is -0.137. The maximum absolute atomic E-state index is 13.2. The molecule has 1 amide bonds. The molecule has 0 heterocycles. The Bertz CT molecular complexity index is 1230. The van der Waals surface area contributed by atoms with Crippen LogP contribution in [0.1, 0.15) is 15.9 Å². The highest BCUT2D eigenvalue weighted by atomic mass is 32.2. The van der Waals surface area contributed by atoms with Gasteiger partial charge >= 0.3 is 6.18 Å². The summed E-state index contributed by atoms with van der Waals surface area (Å²) in [7, 11) is -4.06. The van der Waals surface area contributed by atoms with Crippen molar-refractivity contribution in [2.24, 2.45) is 5.14 Å². The molecule has 0 radical (unpaired) electrons. The highest BCUT2D eigenvalue weighted by Gasteiger charge is 2.32. The maximum atomic E-state index is 13.2. The number of sulfonamides is 1. The quantitative estimate of drug-likeness (QED) is 0.553. The van der Waals surface area contributed by atoms with Crippen LogP contribution in [-0.2, 0) is 16.2 Å². The minimum Gasteiger partial charge on any atom is -0.457 e. The van der Waals surface area contributed by atoms with Gasteiger partial charge in [-0.05, 0) is 60.7 Å². The predicted molar refractivity (Wildman–Crippen MR) is 104 cm³/mol. The number of ether oxygens (including phenoxy) is 1. The van der Waals surface area contributed by atoms with Gasteiger partial charge in [-0.1, -0.05) is 6.07 Å². The predicted octanol–water partition coefficient (Wildman–Crippen LogP) is 4.54. The first-order valence-electron chi connectivity index (χ1n) is 8.52. The van der Waals surface area contributed by atoms with Gasteiger partial charge in [0.1, 0.15) is 17.3 Å². The van der Waals surface area contributed by atoms with Gasteiger partial charge in [0.2, 0.25) is 10.0 Å². The van der Waals surface area contributed by atoms with Crippen LogP contribution in [0.2, 0.25) is 0 Å². The molecule has 0 unspecified atom stereocenters. The van der Waals surface area contributed by atoms with E-state index in [1.165, 1.54) is 30.3 Å². The molecule has 3 aromatic rings. The molecule has 3 aromatic carbocycles. The summed E-state index contributed by atoms with van der Waals surface area (Å²) in [4.78, 5) is 12.4. The van der Waals surface area contributed by atoms with E-state index in [1.807, 2.05) is 0 Å². The van der Waals surface area contributed by atoms with Crippen LogP contribution in [-0.4, -0.2) is 14.3 Å². The first-order chi connectivity index (χ1) is 14.4. The van der Waals surface area contributed by atoms with Gasteiger partial charge in [0.05, 0.1) is 16.0 Å². The number of hydrogen-bond donors (Lipinski definition) is 2. The van der Waals surface area contributed by atoms with Crippen LogP contribution in [0.5, 0.6) is 11.5 Å². The first-order valence-corrected chi connectivity index (χ1v) is 10.1. The van der Waals surface area contributed by atoms with Crippen molar-refractivity contribution in [1.29, 1.82) is 0 Å². The Kier molecular flexibility index (Phi) is 6.00. The van der Waals surface area contributed by atoms with Crippen LogP contribution >= 0.6 is 0 Å². The Morgan fingerprint density at radius 2 is 1.65 bits per heavy atom. The first kappa shape index (κ1) is 22.2. The van der Waals surface area contributed by atoms with Crippen LogP contribution in [0.25, 0.3) is 0 Å². The number of hydrogen-bond acceptors (Lipinski definition) is 4. The average Bonchev–Trinajstić information content (AvgIpc) is 2.68. The fraction of sp³-hybridized carbons (Fsp3) is 0.0500. The van der Waals surface area contributed by atoms with E-state index >= 15 is 0 Å². The molecule has 0 bridgehead atoms. The standard InChI is InChI=1S/C20H14F4N2O4S/c21-13-5-7-15(8-6-13)30-18-9-4-12(20(22,23)24)10-17(18)19(27)26-14-2-1-3-16(11-14)31(25,28)29/h1-11H,(H,26,27)(H2,25,28,29). The van der Waals surface area contributed by atoms with Gasteiger partial charge in [-0.2, -0.15) is 13.2 Å². The molecule has 0 fully saturated rings. The molecule has 0 aliphatic heterocycles. The van der Waals surface area contributed by atoms with Crippen molar-refractivity contribution in [2.45, 2.75) is 11.1 Å². The number of nitrogens with one attached hydrogen (secondary N) is 1. The molecule has 0 aromatic heterocycles. The Morgan fingerprint density at radius 3 is 2.26 bits per heavy atom. The third-order valence-corrected chi connectivity index (χ3v) is 4.92. The smallest absolute Gasteiger partial charge is 0.416 e. The molecule has 11 heteroatoms. The molecule has 0 saturated heterocycles. The van der Waals surface area contributed by atoms with E-state index < -0.39 is 39.1 Å². The molecule has 3 rings (SSSR count). The minimum absolute atomic E-state index is 0.0123. The van der Waals surface area contributed by atoms with E-state index in [-0.39, 0.29) is 22.1 Å². The minimum atomic E-state index is -4.73. The van der Waals surface area contributed by atoms with E-state index in [9.17, 15) is 30.8 Å². The van der Waals surface area contributed by atoms with Gasteiger partial charge in [-0.25, -0.2) is 17.9 Å². The van der Waals surface area contributed by atoms with Crippen molar-refractivity contribution in [3.63, 3.8) is 0 Å². The molecule has 0 aliphatic rings. The Morgan fingerprint density at radius 1 is 0.968 bits per heavy atom. The van der Waals surface area contributed by atoms with Gasteiger partial charge in [0, 0.05) is 5.69 Å². The van der Waals surface area contributed by atoms with Gasteiger partial charge < -0.3 is 10.1 Å². The van der Waals surface area contributed by atoms with Crippen LogP contribution in [0.4, 0.5) is 23.2 Å². The van der Waals surface area contributed by atoms with Crippen molar-refractivity contribution in [3.05, 3.63) is 83.7 Å². The number of carbonyl (C=O) groups is 1. The summed E-state index contributed by atoms with van der Waals surface area (Å²) in [6.07, 6.45) is -4.73. The topological polar surface area (TPSA) is 98.5 Å². The van der Waals surface area contributed by atoms with Gasteiger partial charge in [0.25, 0.3) is 5.91 Å². The maximum Gasteiger partial charge on any atom is 0.416 e. The number of amides is 1. The fourth-order valence-corrected chi connectivity index (χ4v) is 3.11. The normalized spacial score (nSPS) is 11.8. The zero-order chi connectivity index (χ0) is 22.8. The number of benzene rings is 3. The highest BCUT2D eigenvalue weighted by Crippen LogP contribution is 2.34. The monoisotopic (exact) mass is 454 g/mol. The Labute approximate surface area is 174 Å². The van der Waals surface area contributed by atoms with Gasteiger partial charge in [-0.15, -0.1) is 0 Å². The van der Waals surface area contributed by atoms with Crippen LogP contribution < -0.4 is 15.2 Å². The van der Waals surface area contributed by atoms with E-state index in [0.717, 1.165) is 30.3 Å². The third kappa shape index (κ3) is 5.58. The van der Waals surface area contributed by atoms with Crippen molar-refractivity contribution >= 4 is 21.6 Å². The van der Waals surface area contributed by atoms with Crippen molar-refractivity contribution in [3.8, 4) is 11.5 Å². The van der Waals surface area contributed by atoms with E-state index in [1.54, 1.807) is 0 Å². The molecular formula is C20H14F4N2O4S. The van der Waals surface area contributed by atoms with E-state index in [0.29, 0.717) is 6.07 Å². The number of rotatable bonds is 5. The molecule has 162 valence electrons. The summed E-state index contributed by atoms with van der Waals surface area (Å²) in [5.74, 6) is -1.67. The van der Waals surface area contributed by atoms with Crippen molar-refractivity contribution in [1.82, 2.24) is 0 Å². The largest absolute Gasteiger partial charge is 0.457 e. The molecule has 0 aliphatic carbocycles. The molecule has 31 heavy (non-hydrogen) atoms. The number of alkyl halides is 3. The summed E-state index contributed by atoms with van der Waals surface area (Å²) in [5.41, 5.74) is -1.58. The van der Waals surface area contributed by atoms with Gasteiger partial charge in [-0.3, -0.25) is 4.79 Å². The van der Waals surface area contributed by atoms with E-state index in [2.05, 4.69) is 5.32 Å². The fourth-order valence-electron chi connectivity index (χ4n) is 2.55. The van der Waals surface area contributed by atoms with Crippen molar-refractivity contribution in [2.75, 3.05) is 5.32 Å². The number of nitrogens with two attached hydrogens (primary N) is 1. The third-order valence-electron chi connectivity index (χ3n) is 4.01. The molecule has 0 atom stereocenters. The summed E-state index contributed by atoms with van der Waals surface area (Å²) in [6, 6.07) is 11.8. The second-order valence-electron chi connectivity index (χ2n) is 6.29. The summed E-state index contributed by atoms with van der Waals surface area (Å²) < 4.78 is 80.9. The Hall–Kier alpha value is -3.44. The zero-order valence-electron chi connectivity index (χ0n) is 15.5. The highest BCUT2D eigenvalue weighted by molar-refractivity contribution is 7.89. The number of halogens is 4. The molecule has 6 nitrogen and oxygen atoms in total. The molecule has 0 saturated carbocycles. The molecule has 0 spiro atoms. The lowest BCUT2D eigenvalue weighted by Crippen LogP contribution is -2.16. The summed E-state index contributed by atoms with van der Waals surface area (Å²) in [6.45, 7) is 0. The molecule has 3 N–H and O–H groups in total. The number of anilines is 1. The van der Waals surface area contributed by atoms with Crippen LogP contribution in [0.15, 0.2) is 71.6 Å². The van der Waals surface area contributed by atoms with Crippen LogP contribution in [0.3, 0.4) is 0 Å². The summed E-state index contributed by atoms with van der Waals surface area (Å²) in [5, 5.41) is 7.36. The molecular weight excluding hydrogens is 440 g/mol. The second-order valence-corrected chi connectivity index (χ2v) is 7.85. The Balaban J connectivity index is 1.98. The lowest BCUT2D eigenvalue weighted by atomic mass is 10.1. The number of carbonyl (C=O) groups excluding carboxylic acids is 1. The zero-order valence-corrected chi connectivity index (χ0v) is 16.3. The number of primary sulfonamides is 1. The van der Waals surface area contributed by atoms with E-state index in [4.69, 9.17) is 9.88 Å². The van der Waals surface area contributed by atoms with Gasteiger partial charge in [0.15, 0.2) is 0 Å². The second kappa shape index (κ2) is 8.36. The lowest BCUT2D eigenvalue weighted by Gasteiger charge is -2.15. The van der Waals surface area contributed by atoms with Crippen LogP contribution in [0, 0.1) is 5.82 Å². The summed E-state index contributed by atoms with van der Waals surface area (Å²) >= 11 is 0. The average molecular weight is 454 g/mol. The SMILES string of the molecule is NS(=O)(=O)c1cccc(NC(=O)c2cc(C(F)(F)F)ccc2Oc2ccc(F)cc2)c1. The van der Waals surface area contributed by atoms with Crippen molar-refractivity contribution < 1.29 is 35.5 Å².